The zero-order valence-electron chi connectivity index (χ0n) is 12.5. The zero-order valence-corrected chi connectivity index (χ0v) is 12.5. The first kappa shape index (κ1) is 14.2. The van der Waals surface area contributed by atoms with Crippen molar-refractivity contribution >= 4 is 11.8 Å². The Hall–Kier alpha value is -1.75. The number of benzene rings is 1. The fourth-order valence-electron chi connectivity index (χ4n) is 3.21. The van der Waals surface area contributed by atoms with Crippen LogP contribution in [0.25, 0.3) is 0 Å². The maximum Gasteiger partial charge on any atom is 0.262 e. The Morgan fingerprint density at radius 2 is 1.62 bits per heavy atom. The van der Waals surface area contributed by atoms with Crippen LogP contribution in [0.1, 0.15) is 47.9 Å². The van der Waals surface area contributed by atoms with Crippen LogP contribution >= 0.6 is 0 Å². The summed E-state index contributed by atoms with van der Waals surface area (Å²) in [4.78, 5) is 28.2. The lowest BCUT2D eigenvalue weighted by atomic mass is 10.1. The van der Waals surface area contributed by atoms with Gasteiger partial charge < -0.3 is 0 Å². The van der Waals surface area contributed by atoms with Crippen molar-refractivity contribution in [3.05, 3.63) is 35.4 Å². The molecule has 0 aromatic heterocycles. The van der Waals surface area contributed by atoms with E-state index in [1.807, 2.05) is 25.7 Å². The fourth-order valence-corrected chi connectivity index (χ4v) is 3.21. The van der Waals surface area contributed by atoms with Gasteiger partial charge in [-0.1, -0.05) is 12.1 Å². The monoisotopic (exact) mass is 290 g/mol. The van der Waals surface area contributed by atoms with E-state index in [0.29, 0.717) is 11.1 Å². The Morgan fingerprint density at radius 3 is 2.10 bits per heavy atom. The van der Waals surface area contributed by atoms with Crippen LogP contribution in [0.3, 0.4) is 0 Å². The molecule has 2 aliphatic rings. The van der Waals surface area contributed by atoms with Gasteiger partial charge >= 0.3 is 0 Å². The van der Waals surface area contributed by atoms with E-state index in [0.717, 1.165) is 0 Å². The molecule has 0 N–H and O–H groups in total. The summed E-state index contributed by atoms with van der Waals surface area (Å²) in [7, 11) is 0. The average Bonchev–Trinajstić information content (AvgIpc) is 2.90. The van der Waals surface area contributed by atoms with Gasteiger partial charge in [-0.25, -0.2) is 4.39 Å². The Labute approximate surface area is 123 Å². The molecule has 5 heteroatoms. The minimum Gasteiger partial charge on any atom is -0.275 e. The molecule has 1 aromatic rings. The highest BCUT2D eigenvalue weighted by atomic mass is 19.1. The predicted octanol–water partition coefficient (Wildman–Crippen LogP) is 2.45. The molecule has 3 rings (SSSR count). The Morgan fingerprint density at radius 1 is 1.10 bits per heavy atom. The SMILES string of the molecule is CC(C)(C)N1C[C@@H](F)C[C@@H]1N1C(=O)c2ccccc2C1=O. The van der Waals surface area contributed by atoms with E-state index >= 15 is 0 Å². The number of halogens is 1. The van der Waals surface area contributed by atoms with Crippen LogP contribution in [-0.2, 0) is 0 Å². The number of nitrogens with zero attached hydrogens (tertiary/aromatic N) is 2. The van der Waals surface area contributed by atoms with Gasteiger partial charge in [0.15, 0.2) is 0 Å². The number of carbonyl (C=O) groups is 2. The number of imide groups is 1. The van der Waals surface area contributed by atoms with Crippen molar-refractivity contribution in [3.8, 4) is 0 Å². The highest BCUT2D eigenvalue weighted by Crippen LogP contribution is 2.34. The second-order valence-electron chi connectivity index (χ2n) is 6.66. The number of alkyl halides is 1. The Kier molecular flexibility index (Phi) is 3.13. The van der Waals surface area contributed by atoms with E-state index < -0.39 is 12.3 Å². The summed E-state index contributed by atoms with van der Waals surface area (Å²) in [6, 6.07) is 6.78. The lowest BCUT2D eigenvalue weighted by molar-refractivity contribution is 0.0186. The molecular formula is C16H19FN2O2. The lowest BCUT2D eigenvalue weighted by Gasteiger charge is -2.39. The van der Waals surface area contributed by atoms with Gasteiger partial charge in [0, 0.05) is 18.5 Å². The third-order valence-corrected chi connectivity index (χ3v) is 4.21. The van der Waals surface area contributed by atoms with Crippen LogP contribution in [-0.4, -0.2) is 46.0 Å². The van der Waals surface area contributed by atoms with E-state index in [1.165, 1.54) is 4.90 Å². The number of likely N-dealkylation sites (tertiary alicyclic amines) is 1. The fraction of sp³-hybridized carbons (Fsp3) is 0.500. The summed E-state index contributed by atoms with van der Waals surface area (Å²) < 4.78 is 13.9. The quantitative estimate of drug-likeness (QED) is 0.746. The third-order valence-electron chi connectivity index (χ3n) is 4.21. The molecule has 2 amide bonds. The van der Waals surface area contributed by atoms with Crippen molar-refractivity contribution in [2.75, 3.05) is 6.54 Å². The summed E-state index contributed by atoms with van der Waals surface area (Å²) in [6.45, 7) is 6.16. The normalized spacial score (nSPS) is 26.6. The van der Waals surface area contributed by atoms with E-state index in [9.17, 15) is 14.0 Å². The zero-order chi connectivity index (χ0) is 15.4. The summed E-state index contributed by atoms with van der Waals surface area (Å²) in [5, 5.41) is 0. The second kappa shape index (κ2) is 4.63. The van der Waals surface area contributed by atoms with Crippen molar-refractivity contribution in [2.45, 2.75) is 45.1 Å². The molecule has 4 nitrogen and oxygen atoms in total. The average molecular weight is 290 g/mol. The molecule has 2 atom stereocenters. The standard InChI is InChI=1S/C16H19FN2O2/c1-16(2,3)18-9-10(17)8-13(18)19-14(20)11-6-4-5-7-12(11)15(19)21/h4-7,10,13H,8-9H2,1-3H3/t10-,13-/m0/s1. The van der Waals surface area contributed by atoms with Crippen molar-refractivity contribution in [1.29, 1.82) is 0 Å². The topological polar surface area (TPSA) is 40.6 Å². The van der Waals surface area contributed by atoms with Crippen molar-refractivity contribution in [1.82, 2.24) is 9.80 Å². The Balaban J connectivity index is 1.98. The minimum absolute atomic E-state index is 0.183. The number of rotatable bonds is 1. The smallest absolute Gasteiger partial charge is 0.262 e. The lowest BCUT2D eigenvalue weighted by Crippen LogP contribution is -2.54. The largest absolute Gasteiger partial charge is 0.275 e. The molecule has 0 unspecified atom stereocenters. The maximum absolute atomic E-state index is 13.9. The number of carbonyl (C=O) groups excluding carboxylic acids is 2. The predicted molar refractivity (Wildman–Crippen MR) is 76.7 cm³/mol. The maximum atomic E-state index is 13.9. The molecule has 0 spiro atoms. The van der Waals surface area contributed by atoms with Gasteiger partial charge in [0.25, 0.3) is 11.8 Å². The van der Waals surface area contributed by atoms with Crippen LogP contribution in [0.15, 0.2) is 24.3 Å². The molecular weight excluding hydrogens is 271 g/mol. The number of hydrogen-bond donors (Lipinski definition) is 0. The molecule has 112 valence electrons. The molecule has 0 aliphatic carbocycles. The molecule has 1 aromatic carbocycles. The summed E-state index contributed by atoms with van der Waals surface area (Å²) >= 11 is 0. The van der Waals surface area contributed by atoms with Gasteiger partial charge in [0.2, 0.25) is 0 Å². The van der Waals surface area contributed by atoms with Crippen molar-refractivity contribution in [3.63, 3.8) is 0 Å². The van der Waals surface area contributed by atoms with E-state index in [4.69, 9.17) is 0 Å². The first-order valence-electron chi connectivity index (χ1n) is 7.18. The first-order chi connectivity index (χ1) is 9.80. The van der Waals surface area contributed by atoms with E-state index in [2.05, 4.69) is 0 Å². The molecule has 2 heterocycles. The second-order valence-corrected chi connectivity index (χ2v) is 6.66. The van der Waals surface area contributed by atoms with Crippen molar-refractivity contribution < 1.29 is 14.0 Å². The number of hydrogen-bond acceptors (Lipinski definition) is 3. The van der Waals surface area contributed by atoms with Crippen LogP contribution in [0.5, 0.6) is 0 Å². The van der Waals surface area contributed by atoms with Crippen LogP contribution in [0.4, 0.5) is 4.39 Å². The van der Waals surface area contributed by atoms with Gasteiger partial charge in [-0.3, -0.25) is 19.4 Å². The number of fused-ring (bicyclic) bond motifs is 1. The minimum atomic E-state index is -1.02. The van der Waals surface area contributed by atoms with Gasteiger partial charge in [-0.05, 0) is 32.9 Å². The van der Waals surface area contributed by atoms with Crippen LogP contribution < -0.4 is 0 Å². The molecule has 0 radical (unpaired) electrons. The van der Waals surface area contributed by atoms with E-state index in [1.54, 1.807) is 24.3 Å². The number of amides is 2. The van der Waals surface area contributed by atoms with Gasteiger partial charge in [0.1, 0.15) is 6.17 Å². The van der Waals surface area contributed by atoms with Gasteiger partial charge in [-0.15, -0.1) is 0 Å². The van der Waals surface area contributed by atoms with Crippen molar-refractivity contribution in [2.24, 2.45) is 0 Å². The van der Waals surface area contributed by atoms with E-state index in [-0.39, 0.29) is 30.3 Å². The van der Waals surface area contributed by atoms with Crippen LogP contribution in [0, 0.1) is 0 Å². The summed E-state index contributed by atoms with van der Waals surface area (Å²) in [5.74, 6) is -0.632. The Bertz CT molecular complexity index is 574. The molecule has 0 saturated carbocycles. The molecule has 1 fully saturated rings. The summed E-state index contributed by atoms with van der Waals surface area (Å²) in [5.41, 5.74) is 0.526. The van der Waals surface area contributed by atoms with Gasteiger partial charge in [0.05, 0.1) is 17.3 Å². The molecule has 21 heavy (non-hydrogen) atoms. The molecule has 1 saturated heterocycles. The highest BCUT2D eigenvalue weighted by Gasteiger charge is 2.48. The molecule has 2 aliphatic heterocycles. The van der Waals surface area contributed by atoms with Crippen LogP contribution in [0.2, 0.25) is 0 Å². The summed E-state index contributed by atoms with van der Waals surface area (Å²) in [6.07, 6.45) is -1.34. The molecule has 0 bridgehead atoms. The third kappa shape index (κ3) is 2.16. The highest BCUT2D eigenvalue weighted by molar-refractivity contribution is 6.21. The van der Waals surface area contributed by atoms with Gasteiger partial charge in [-0.2, -0.15) is 0 Å². The first-order valence-corrected chi connectivity index (χ1v) is 7.18.